The van der Waals surface area contributed by atoms with Crippen LogP contribution in [0.3, 0.4) is 0 Å². The SMILES string of the molecule is [c]1ccc(-c2cn3c4ccc5ccccc5c4nc3c3sc4cc5ccccc5cc4c23)cc1. The number of hydrogen-bond acceptors (Lipinski definition) is 2. The predicted molar refractivity (Wildman–Crippen MR) is 145 cm³/mol. The van der Waals surface area contributed by atoms with Crippen LogP contribution >= 0.6 is 11.3 Å². The molecular formula is C31H17N2S. The summed E-state index contributed by atoms with van der Waals surface area (Å²) in [4.78, 5) is 5.24. The summed E-state index contributed by atoms with van der Waals surface area (Å²) in [5.41, 5.74) is 5.65. The molecule has 0 amide bonds. The minimum atomic E-state index is 1.03. The summed E-state index contributed by atoms with van der Waals surface area (Å²) in [6.45, 7) is 0. The zero-order chi connectivity index (χ0) is 22.2. The van der Waals surface area contributed by atoms with Crippen LogP contribution in [0.25, 0.3) is 69.5 Å². The maximum atomic E-state index is 5.24. The lowest BCUT2D eigenvalue weighted by Gasteiger charge is -2.08. The third-order valence-corrected chi connectivity index (χ3v) is 8.05. The molecule has 0 atom stereocenters. The van der Waals surface area contributed by atoms with Crippen molar-refractivity contribution in [2.75, 3.05) is 0 Å². The number of rotatable bonds is 1. The molecule has 0 aliphatic heterocycles. The van der Waals surface area contributed by atoms with Crippen molar-refractivity contribution in [3.05, 3.63) is 109 Å². The van der Waals surface area contributed by atoms with Gasteiger partial charge in [0.1, 0.15) is 0 Å². The number of fused-ring (bicyclic) bond motifs is 10. The second kappa shape index (κ2) is 6.66. The Hall–Kier alpha value is -4.21. The zero-order valence-corrected chi connectivity index (χ0v) is 18.9. The van der Waals surface area contributed by atoms with E-state index in [1.807, 2.05) is 23.5 Å². The summed E-state index contributed by atoms with van der Waals surface area (Å²) in [5, 5.41) is 7.52. The van der Waals surface area contributed by atoms with Gasteiger partial charge in [-0.1, -0.05) is 78.9 Å². The zero-order valence-electron chi connectivity index (χ0n) is 18.1. The molecule has 0 N–H and O–H groups in total. The Labute approximate surface area is 199 Å². The van der Waals surface area contributed by atoms with Gasteiger partial charge in [0.15, 0.2) is 5.65 Å². The monoisotopic (exact) mass is 449 g/mol. The number of pyridine rings is 1. The number of hydrogen-bond donors (Lipinski definition) is 0. The van der Waals surface area contributed by atoms with E-state index in [4.69, 9.17) is 4.98 Å². The van der Waals surface area contributed by atoms with Crippen LogP contribution in [0.15, 0.2) is 103 Å². The average molecular weight is 450 g/mol. The summed E-state index contributed by atoms with van der Waals surface area (Å²) < 4.78 is 4.81. The fraction of sp³-hybridized carbons (Fsp3) is 0. The molecule has 3 aromatic heterocycles. The van der Waals surface area contributed by atoms with Crippen molar-refractivity contribution in [1.29, 1.82) is 0 Å². The van der Waals surface area contributed by atoms with Crippen LogP contribution in [-0.4, -0.2) is 9.38 Å². The van der Waals surface area contributed by atoms with Crippen LogP contribution < -0.4 is 0 Å². The van der Waals surface area contributed by atoms with Gasteiger partial charge in [0.05, 0.1) is 15.7 Å². The molecule has 8 aromatic rings. The molecule has 0 unspecified atom stereocenters. The smallest absolute Gasteiger partial charge is 0.156 e. The minimum absolute atomic E-state index is 1.03. The van der Waals surface area contributed by atoms with Gasteiger partial charge in [0.2, 0.25) is 0 Å². The first-order valence-corrected chi connectivity index (χ1v) is 12.2. The molecular weight excluding hydrogens is 432 g/mol. The largest absolute Gasteiger partial charge is 0.298 e. The molecule has 0 spiro atoms. The summed E-state index contributed by atoms with van der Waals surface area (Å²) >= 11 is 1.84. The molecule has 0 bridgehead atoms. The summed E-state index contributed by atoms with van der Waals surface area (Å²) in [6, 6.07) is 37.7. The van der Waals surface area contributed by atoms with E-state index in [-0.39, 0.29) is 0 Å². The molecule has 0 aliphatic carbocycles. The molecule has 0 fully saturated rings. The Morgan fingerprint density at radius 1 is 0.735 bits per heavy atom. The van der Waals surface area contributed by atoms with Gasteiger partial charge in [-0.3, -0.25) is 4.40 Å². The van der Waals surface area contributed by atoms with Crippen molar-refractivity contribution < 1.29 is 0 Å². The highest BCUT2D eigenvalue weighted by atomic mass is 32.1. The fourth-order valence-corrected chi connectivity index (χ4v) is 6.54. The second-order valence-electron chi connectivity index (χ2n) is 8.79. The van der Waals surface area contributed by atoms with E-state index in [1.54, 1.807) is 0 Å². The first-order chi connectivity index (χ1) is 16.8. The average Bonchev–Trinajstić information content (AvgIpc) is 3.46. The highest BCUT2D eigenvalue weighted by molar-refractivity contribution is 7.26. The Bertz CT molecular complexity index is 2060. The quantitative estimate of drug-likeness (QED) is 0.245. The lowest BCUT2D eigenvalue weighted by atomic mass is 10.00. The first-order valence-electron chi connectivity index (χ1n) is 11.4. The Kier molecular flexibility index (Phi) is 3.57. The molecule has 1 radical (unpaired) electrons. The van der Waals surface area contributed by atoms with Gasteiger partial charge in [0.25, 0.3) is 0 Å². The molecule has 8 rings (SSSR count). The van der Waals surface area contributed by atoms with Crippen LogP contribution in [0.5, 0.6) is 0 Å². The standard InChI is InChI=1S/C31H17N2S/c1-2-8-19(9-3-1)25-18-33-26-15-14-20-10-6-7-13-23(20)29(26)32-31(33)30-28(25)24-16-21-11-4-5-12-22(21)17-27(24)34-30/h2-18H. The summed E-state index contributed by atoms with van der Waals surface area (Å²) in [5.74, 6) is 0. The lowest BCUT2D eigenvalue weighted by Crippen LogP contribution is -1.89. The molecule has 2 nitrogen and oxygen atoms in total. The van der Waals surface area contributed by atoms with Gasteiger partial charge >= 0.3 is 0 Å². The normalized spacial score (nSPS) is 12.1. The van der Waals surface area contributed by atoms with Crippen molar-refractivity contribution in [2.24, 2.45) is 0 Å². The third kappa shape index (κ3) is 2.42. The van der Waals surface area contributed by atoms with Crippen LogP contribution in [0, 0.1) is 6.07 Å². The molecule has 3 heterocycles. The van der Waals surface area contributed by atoms with Crippen molar-refractivity contribution in [2.45, 2.75) is 0 Å². The number of thiophene rings is 1. The molecule has 157 valence electrons. The van der Waals surface area contributed by atoms with Gasteiger partial charge in [-0.2, -0.15) is 0 Å². The topological polar surface area (TPSA) is 17.3 Å². The fourth-order valence-electron chi connectivity index (χ4n) is 5.31. The number of aromatic nitrogens is 2. The van der Waals surface area contributed by atoms with E-state index in [9.17, 15) is 0 Å². The van der Waals surface area contributed by atoms with E-state index in [0.29, 0.717) is 0 Å². The molecule has 0 saturated heterocycles. The Morgan fingerprint density at radius 2 is 1.50 bits per heavy atom. The van der Waals surface area contributed by atoms with Crippen LogP contribution in [0.1, 0.15) is 0 Å². The highest BCUT2D eigenvalue weighted by Gasteiger charge is 2.19. The Morgan fingerprint density at radius 3 is 2.35 bits per heavy atom. The molecule has 0 saturated carbocycles. The van der Waals surface area contributed by atoms with Crippen molar-refractivity contribution >= 4 is 69.7 Å². The number of benzene rings is 5. The number of nitrogens with zero attached hydrogens (tertiary/aromatic N) is 2. The van der Waals surface area contributed by atoms with Gasteiger partial charge in [-0.25, -0.2) is 4.98 Å². The maximum absolute atomic E-state index is 5.24. The molecule has 3 heteroatoms. The van der Waals surface area contributed by atoms with Crippen LogP contribution in [0.4, 0.5) is 0 Å². The van der Waals surface area contributed by atoms with Crippen molar-refractivity contribution in [3.8, 4) is 11.1 Å². The van der Waals surface area contributed by atoms with Crippen LogP contribution in [-0.2, 0) is 0 Å². The summed E-state index contributed by atoms with van der Waals surface area (Å²) in [6.07, 6.45) is 2.28. The highest BCUT2D eigenvalue weighted by Crippen LogP contribution is 2.44. The van der Waals surface area contributed by atoms with E-state index >= 15 is 0 Å². The number of imidazole rings is 1. The maximum Gasteiger partial charge on any atom is 0.156 e. The van der Waals surface area contributed by atoms with Crippen LogP contribution in [0.2, 0.25) is 0 Å². The van der Waals surface area contributed by atoms with E-state index in [1.165, 1.54) is 52.8 Å². The van der Waals surface area contributed by atoms with Crippen molar-refractivity contribution in [1.82, 2.24) is 9.38 Å². The van der Waals surface area contributed by atoms with Gasteiger partial charge in [-0.15, -0.1) is 11.3 Å². The Balaban J connectivity index is 1.63. The summed E-state index contributed by atoms with van der Waals surface area (Å²) in [7, 11) is 0. The van der Waals surface area contributed by atoms with Gasteiger partial charge in [-0.05, 0) is 46.0 Å². The third-order valence-electron chi connectivity index (χ3n) is 6.90. The minimum Gasteiger partial charge on any atom is -0.298 e. The van der Waals surface area contributed by atoms with E-state index in [2.05, 4.69) is 102 Å². The van der Waals surface area contributed by atoms with Gasteiger partial charge < -0.3 is 0 Å². The van der Waals surface area contributed by atoms with Crippen molar-refractivity contribution in [3.63, 3.8) is 0 Å². The molecule has 34 heavy (non-hydrogen) atoms. The predicted octanol–water partition coefficient (Wildman–Crippen LogP) is 8.63. The van der Waals surface area contributed by atoms with E-state index < -0.39 is 0 Å². The van der Waals surface area contributed by atoms with E-state index in [0.717, 1.165) is 16.7 Å². The molecule has 0 aliphatic rings. The second-order valence-corrected chi connectivity index (χ2v) is 9.85. The molecule has 5 aromatic carbocycles. The van der Waals surface area contributed by atoms with Gasteiger partial charge in [0, 0.05) is 32.6 Å². The first kappa shape index (κ1) is 18.2. The lowest BCUT2D eigenvalue weighted by molar-refractivity contribution is 1.25.